The Morgan fingerprint density at radius 3 is 2.62 bits per heavy atom. The van der Waals surface area contributed by atoms with E-state index in [1.807, 2.05) is 6.92 Å². The van der Waals surface area contributed by atoms with E-state index in [9.17, 15) is 5.11 Å². The van der Waals surface area contributed by atoms with Crippen molar-refractivity contribution in [3.63, 3.8) is 0 Å². The van der Waals surface area contributed by atoms with Gasteiger partial charge in [-0.3, -0.25) is 0 Å². The van der Waals surface area contributed by atoms with E-state index in [1.165, 1.54) is 6.42 Å². The lowest BCUT2D eigenvalue weighted by molar-refractivity contribution is -0.0963. The predicted octanol–water partition coefficient (Wildman–Crippen LogP) is 3.33. The summed E-state index contributed by atoms with van der Waals surface area (Å²) in [6, 6.07) is 0. The van der Waals surface area contributed by atoms with E-state index in [2.05, 4.69) is 24.2 Å². The van der Waals surface area contributed by atoms with Gasteiger partial charge in [0.05, 0.1) is 16.3 Å². The van der Waals surface area contributed by atoms with Gasteiger partial charge in [0.2, 0.25) is 0 Å². The molecule has 1 unspecified atom stereocenters. The minimum atomic E-state index is -0.564. The fourth-order valence-corrected chi connectivity index (χ4v) is 3.28. The second-order valence-corrected chi connectivity index (χ2v) is 6.72. The van der Waals surface area contributed by atoms with Crippen LogP contribution < -0.4 is 0 Å². The zero-order chi connectivity index (χ0) is 11.8. The maximum absolute atomic E-state index is 10.8. The molecule has 2 nitrogen and oxygen atoms in total. The van der Waals surface area contributed by atoms with E-state index in [0.717, 1.165) is 30.0 Å². The highest BCUT2D eigenvalue weighted by Gasteiger charge is 2.45. The van der Waals surface area contributed by atoms with Crippen LogP contribution in [0.5, 0.6) is 0 Å². The van der Waals surface area contributed by atoms with Crippen molar-refractivity contribution in [2.75, 3.05) is 0 Å². The van der Waals surface area contributed by atoms with Crippen LogP contribution in [0.25, 0.3) is 0 Å². The standard InChI is InChI=1S/C13H21NOS/c1-10-14-11(9-16-10)8-13(15)7-5-4-6-12(13,2)3/h9,15H,4-8H2,1-3H3. The van der Waals surface area contributed by atoms with Gasteiger partial charge >= 0.3 is 0 Å². The third-order valence-electron chi connectivity index (χ3n) is 4.04. The Balaban J connectivity index is 2.17. The van der Waals surface area contributed by atoms with Crippen molar-refractivity contribution >= 4 is 11.3 Å². The largest absolute Gasteiger partial charge is 0.389 e. The summed E-state index contributed by atoms with van der Waals surface area (Å²) >= 11 is 1.67. The molecule has 1 atom stereocenters. The smallest absolute Gasteiger partial charge is 0.0897 e. The minimum Gasteiger partial charge on any atom is -0.389 e. The molecule has 1 aromatic heterocycles. The van der Waals surface area contributed by atoms with Crippen molar-refractivity contribution in [2.24, 2.45) is 5.41 Å². The molecule has 1 aliphatic rings. The van der Waals surface area contributed by atoms with Crippen molar-refractivity contribution in [1.29, 1.82) is 0 Å². The zero-order valence-corrected chi connectivity index (χ0v) is 11.2. The van der Waals surface area contributed by atoms with E-state index in [-0.39, 0.29) is 5.41 Å². The van der Waals surface area contributed by atoms with Gasteiger partial charge in [0, 0.05) is 11.8 Å². The number of aromatic nitrogens is 1. The summed E-state index contributed by atoms with van der Waals surface area (Å²) in [6.45, 7) is 6.39. The molecule has 0 bridgehead atoms. The van der Waals surface area contributed by atoms with Crippen LogP contribution in [0.4, 0.5) is 0 Å². The van der Waals surface area contributed by atoms with Crippen LogP contribution in [-0.4, -0.2) is 15.7 Å². The van der Waals surface area contributed by atoms with E-state index in [4.69, 9.17) is 0 Å². The maximum Gasteiger partial charge on any atom is 0.0897 e. The molecule has 0 spiro atoms. The highest BCUT2D eigenvalue weighted by molar-refractivity contribution is 7.09. The Bertz CT molecular complexity index is 372. The van der Waals surface area contributed by atoms with Crippen molar-refractivity contribution in [3.05, 3.63) is 16.1 Å². The molecule has 0 amide bonds. The zero-order valence-electron chi connectivity index (χ0n) is 10.4. The number of aryl methyl sites for hydroxylation is 1. The summed E-state index contributed by atoms with van der Waals surface area (Å²) in [5.74, 6) is 0. The van der Waals surface area contributed by atoms with Gasteiger partial charge in [0.15, 0.2) is 0 Å². The SMILES string of the molecule is Cc1nc(CC2(O)CCCCC2(C)C)cs1. The van der Waals surface area contributed by atoms with Crippen LogP contribution in [0.2, 0.25) is 0 Å². The number of rotatable bonds is 2. The lowest BCUT2D eigenvalue weighted by Crippen LogP contribution is -2.48. The second kappa shape index (κ2) is 4.11. The van der Waals surface area contributed by atoms with Crippen LogP contribution in [0.1, 0.15) is 50.2 Å². The molecule has 2 rings (SSSR count). The molecule has 0 aliphatic heterocycles. The number of hydrogen-bond donors (Lipinski definition) is 1. The maximum atomic E-state index is 10.8. The minimum absolute atomic E-state index is 0.0166. The van der Waals surface area contributed by atoms with Gasteiger partial charge in [-0.25, -0.2) is 4.98 Å². The molecule has 0 radical (unpaired) electrons. The molecule has 1 fully saturated rings. The lowest BCUT2D eigenvalue weighted by atomic mass is 9.64. The normalized spacial score (nSPS) is 29.2. The summed E-state index contributed by atoms with van der Waals surface area (Å²) in [7, 11) is 0. The highest BCUT2D eigenvalue weighted by atomic mass is 32.1. The molecule has 1 aliphatic carbocycles. The molecule has 90 valence electrons. The topological polar surface area (TPSA) is 33.1 Å². The fourth-order valence-electron chi connectivity index (χ4n) is 2.67. The first kappa shape index (κ1) is 12.1. The van der Waals surface area contributed by atoms with Crippen molar-refractivity contribution in [1.82, 2.24) is 4.98 Å². The number of nitrogens with zero attached hydrogens (tertiary/aromatic N) is 1. The molecule has 0 saturated heterocycles. The van der Waals surface area contributed by atoms with Crippen molar-refractivity contribution in [2.45, 2.75) is 58.5 Å². The van der Waals surface area contributed by atoms with E-state index < -0.39 is 5.60 Å². The molecule has 1 heterocycles. The first-order chi connectivity index (χ1) is 7.43. The van der Waals surface area contributed by atoms with Gasteiger partial charge in [0.25, 0.3) is 0 Å². The van der Waals surface area contributed by atoms with Gasteiger partial charge in [0.1, 0.15) is 0 Å². The lowest BCUT2D eigenvalue weighted by Gasteiger charge is -2.46. The molecule has 0 aromatic carbocycles. The number of hydrogen-bond acceptors (Lipinski definition) is 3. The van der Waals surface area contributed by atoms with Gasteiger partial charge in [-0.15, -0.1) is 11.3 Å². The van der Waals surface area contributed by atoms with E-state index >= 15 is 0 Å². The van der Waals surface area contributed by atoms with Crippen LogP contribution in [0, 0.1) is 12.3 Å². The monoisotopic (exact) mass is 239 g/mol. The van der Waals surface area contributed by atoms with Gasteiger partial charge in [-0.2, -0.15) is 0 Å². The van der Waals surface area contributed by atoms with E-state index in [0.29, 0.717) is 6.42 Å². The molecule has 3 heteroatoms. The summed E-state index contributed by atoms with van der Waals surface area (Å²) in [4.78, 5) is 4.47. The van der Waals surface area contributed by atoms with Crippen LogP contribution in [0.15, 0.2) is 5.38 Å². The van der Waals surface area contributed by atoms with Crippen molar-refractivity contribution in [3.8, 4) is 0 Å². The summed E-state index contributed by atoms with van der Waals surface area (Å²) < 4.78 is 0. The average molecular weight is 239 g/mol. The Labute approximate surface area is 102 Å². The number of aliphatic hydroxyl groups is 1. The Morgan fingerprint density at radius 1 is 1.38 bits per heavy atom. The average Bonchev–Trinajstić information content (AvgIpc) is 2.57. The summed E-state index contributed by atoms with van der Waals surface area (Å²) in [6.07, 6.45) is 5.13. The van der Waals surface area contributed by atoms with Crippen LogP contribution >= 0.6 is 11.3 Å². The van der Waals surface area contributed by atoms with Gasteiger partial charge in [-0.05, 0) is 25.2 Å². The Hall–Kier alpha value is -0.410. The number of thiazole rings is 1. The third-order valence-corrected chi connectivity index (χ3v) is 4.86. The molecular weight excluding hydrogens is 218 g/mol. The first-order valence-electron chi connectivity index (χ1n) is 6.06. The molecule has 16 heavy (non-hydrogen) atoms. The second-order valence-electron chi connectivity index (χ2n) is 5.66. The third kappa shape index (κ3) is 2.16. The fraction of sp³-hybridized carbons (Fsp3) is 0.769. The predicted molar refractivity (Wildman–Crippen MR) is 67.8 cm³/mol. The quantitative estimate of drug-likeness (QED) is 0.858. The highest BCUT2D eigenvalue weighted by Crippen LogP contribution is 2.45. The Morgan fingerprint density at radius 2 is 2.06 bits per heavy atom. The summed E-state index contributed by atoms with van der Waals surface area (Å²) in [5, 5.41) is 14.0. The molecule has 1 N–H and O–H groups in total. The van der Waals surface area contributed by atoms with Gasteiger partial charge in [-0.1, -0.05) is 26.7 Å². The molecular formula is C13H21NOS. The summed E-state index contributed by atoms with van der Waals surface area (Å²) in [5.41, 5.74) is 0.508. The van der Waals surface area contributed by atoms with Crippen LogP contribution in [0.3, 0.4) is 0 Å². The van der Waals surface area contributed by atoms with Crippen LogP contribution in [-0.2, 0) is 6.42 Å². The van der Waals surface area contributed by atoms with E-state index in [1.54, 1.807) is 11.3 Å². The van der Waals surface area contributed by atoms with Crippen molar-refractivity contribution < 1.29 is 5.11 Å². The first-order valence-corrected chi connectivity index (χ1v) is 6.94. The molecule has 1 saturated carbocycles. The molecule has 1 aromatic rings. The van der Waals surface area contributed by atoms with Gasteiger partial charge < -0.3 is 5.11 Å². The Kier molecular flexibility index (Phi) is 3.10.